The van der Waals surface area contributed by atoms with Gasteiger partial charge in [0.25, 0.3) is 5.69 Å². The summed E-state index contributed by atoms with van der Waals surface area (Å²) in [5.41, 5.74) is 2.07. The molecule has 1 rings (SSSR count). The van der Waals surface area contributed by atoms with Gasteiger partial charge >= 0.3 is 0 Å². The molecule has 3 heteroatoms. The van der Waals surface area contributed by atoms with E-state index in [4.69, 9.17) is 0 Å². The van der Waals surface area contributed by atoms with Crippen LogP contribution >= 0.6 is 0 Å². The lowest BCUT2D eigenvalue weighted by Crippen LogP contribution is -2.34. The molecule has 0 aliphatic rings. The van der Waals surface area contributed by atoms with Gasteiger partial charge in [0.1, 0.15) is 0 Å². The number of pyridine rings is 1. The molecule has 0 fully saturated rings. The van der Waals surface area contributed by atoms with Crippen molar-refractivity contribution in [1.82, 2.24) is 0 Å². The van der Waals surface area contributed by atoms with Gasteiger partial charge in [0, 0.05) is 18.6 Å². The summed E-state index contributed by atoms with van der Waals surface area (Å²) in [6.45, 7) is 5.11. The van der Waals surface area contributed by atoms with Crippen molar-refractivity contribution in [3.8, 4) is 0 Å². The lowest BCUT2D eigenvalue weighted by atomic mass is 10.1. The summed E-state index contributed by atoms with van der Waals surface area (Å²) in [5, 5.41) is 11.1. The van der Waals surface area contributed by atoms with Gasteiger partial charge in [-0.25, -0.2) is 0 Å². The van der Waals surface area contributed by atoms with Crippen molar-refractivity contribution in [2.75, 3.05) is 0 Å². The van der Waals surface area contributed by atoms with E-state index in [0.29, 0.717) is 4.73 Å². The number of carbonyl (C=O) groups is 1. The Labute approximate surface area is 71.2 Å². The van der Waals surface area contributed by atoms with Crippen LogP contribution in [-0.4, -0.2) is 5.78 Å². The highest BCUT2D eigenvalue weighted by molar-refractivity contribution is 5.90. The number of ketones is 1. The average molecular weight is 165 g/mol. The Morgan fingerprint density at radius 3 is 2.50 bits per heavy atom. The number of aryl methyl sites for hydroxylation is 2. The largest absolute Gasteiger partial charge is 0.618 e. The third-order valence-corrected chi connectivity index (χ3v) is 1.88. The van der Waals surface area contributed by atoms with E-state index in [-0.39, 0.29) is 11.5 Å². The van der Waals surface area contributed by atoms with E-state index in [9.17, 15) is 10.0 Å². The normalized spacial score (nSPS) is 9.92. The van der Waals surface area contributed by atoms with Crippen LogP contribution in [0.15, 0.2) is 12.3 Å². The topological polar surface area (TPSA) is 44.0 Å². The average Bonchev–Trinajstić information content (AvgIpc) is 1.96. The van der Waals surface area contributed by atoms with Crippen LogP contribution in [0.2, 0.25) is 0 Å². The van der Waals surface area contributed by atoms with E-state index in [0.717, 1.165) is 11.1 Å². The van der Waals surface area contributed by atoms with E-state index in [1.54, 1.807) is 6.07 Å². The van der Waals surface area contributed by atoms with E-state index in [1.165, 1.54) is 13.1 Å². The van der Waals surface area contributed by atoms with Crippen molar-refractivity contribution in [3.05, 3.63) is 34.3 Å². The van der Waals surface area contributed by atoms with Crippen molar-refractivity contribution < 1.29 is 9.52 Å². The van der Waals surface area contributed by atoms with E-state index < -0.39 is 0 Å². The zero-order valence-electron chi connectivity index (χ0n) is 7.42. The Morgan fingerprint density at radius 2 is 2.00 bits per heavy atom. The predicted molar refractivity (Wildman–Crippen MR) is 44.9 cm³/mol. The van der Waals surface area contributed by atoms with Gasteiger partial charge in [-0.2, -0.15) is 4.73 Å². The van der Waals surface area contributed by atoms with Crippen LogP contribution in [0, 0.1) is 19.1 Å². The Balaban J connectivity index is 3.33. The second-order valence-electron chi connectivity index (χ2n) is 2.91. The van der Waals surface area contributed by atoms with Gasteiger partial charge in [-0.3, -0.25) is 4.79 Å². The third kappa shape index (κ3) is 1.44. The van der Waals surface area contributed by atoms with Gasteiger partial charge in [-0.1, -0.05) is 0 Å². The molecule has 0 atom stereocenters. The van der Waals surface area contributed by atoms with Gasteiger partial charge in [-0.05, 0) is 19.4 Å². The molecule has 0 aromatic carbocycles. The number of rotatable bonds is 1. The van der Waals surface area contributed by atoms with Crippen molar-refractivity contribution in [3.63, 3.8) is 0 Å². The van der Waals surface area contributed by atoms with Crippen molar-refractivity contribution in [2.24, 2.45) is 0 Å². The number of aromatic nitrogens is 1. The van der Waals surface area contributed by atoms with Gasteiger partial charge in [0.05, 0.1) is 0 Å². The first-order chi connectivity index (χ1) is 5.52. The maximum absolute atomic E-state index is 11.1. The first-order valence-corrected chi connectivity index (χ1v) is 3.73. The molecule has 1 aromatic heterocycles. The summed E-state index contributed by atoms with van der Waals surface area (Å²) in [5.74, 6) is -0.201. The van der Waals surface area contributed by atoms with Crippen molar-refractivity contribution in [2.45, 2.75) is 20.8 Å². The van der Waals surface area contributed by atoms with Crippen LogP contribution < -0.4 is 4.73 Å². The molecule has 3 nitrogen and oxygen atoms in total. The monoisotopic (exact) mass is 165 g/mol. The molecule has 0 unspecified atom stereocenters. The van der Waals surface area contributed by atoms with Gasteiger partial charge in [0.2, 0.25) is 5.78 Å². The van der Waals surface area contributed by atoms with E-state index >= 15 is 0 Å². The molecule has 0 bridgehead atoms. The number of nitrogens with zero attached hydrogens (tertiary/aromatic N) is 1. The fraction of sp³-hybridized carbons (Fsp3) is 0.333. The SMILES string of the molecule is CC(=O)c1cc(C)c(C)c[n+]1[O-]. The number of hydrogen-bond acceptors (Lipinski definition) is 2. The predicted octanol–water partition coefficient (Wildman–Crippen LogP) is 1.14. The van der Waals surface area contributed by atoms with Gasteiger partial charge in [-0.15, -0.1) is 0 Å². The van der Waals surface area contributed by atoms with Gasteiger partial charge < -0.3 is 5.21 Å². The number of carbonyl (C=O) groups excluding carboxylic acids is 1. The van der Waals surface area contributed by atoms with Crippen LogP contribution in [0.5, 0.6) is 0 Å². The minimum Gasteiger partial charge on any atom is -0.618 e. The highest BCUT2D eigenvalue weighted by Crippen LogP contribution is 2.05. The quantitative estimate of drug-likeness (QED) is 0.356. The zero-order valence-corrected chi connectivity index (χ0v) is 7.42. The first-order valence-electron chi connectivity index (χ1n) is 3.73. The standard InChI is InChI=1S/C9H11NO2/c1-6-4-9(8(3)11)10(12)5-7(6)2/h4-5H,1-3H3. The Kier molecular flexibility index (Phi) is 2.13. The molecule has 0 saturated heterocycles. The molecule has 12 heavy (non-hydrogen) atoms. The molecule has 0 saturated carbocycles. The smallest absolute Gasteiger partial charge is 0.259 e. The molecule has 1 heterocycles. The number of hydrogen-bond donors (Lipinski definition) is 0. The maximum Gasteiger partial charge on any atom is 0.259 e. The molecule has 0 radical (unpaired) electrons. The minimum atomic E-state index is -0.201. The Bertz CT molecular complexity index is 332. The molecule has 64 valence electrons. The number of Topliss-reactive ketones (excluding diaryl/α,β-unsaturated/α-hetero) is 1. The molecule has 0 aliphatic heterocycles. The third-order valence-electron chi connectivity index (χ3n) is 1.88. The molecule has 0 spiro atoms. The first kappa shape index (κ1) is 8.71. The molecule has 0 aliphatic carbocycles. The molecular weight excluding hydrogens is 154 g/mol. The fourth-order valence-electron chi connectivity index (χ4n) is 0.987. The van der Waals surface area contributed by atoms with Crippen molar-refractivity contribution in [1.29, 1.82) is 0 Å². The van der Waals surface area contributed by atoms with Crippen LogP contribution in [0.3, 0.4) is 0 Å². The summed E-state index contributed by atoms with van der Waals surface area (Å²) >= 11 is 0. The van der Waals surface area contributed by atoms with E-state index in [2.05, 4.69) is 0 Å². The summed E-state index contributed by atoms with van der Waals surface area (Å²) in [7, 11) is 0. The van der Waals surface area contributed by atoms with E-state index in [1.807, 2.05) is 13.8 Å². The molecule has 0 amide bonds. The lowest BCUT2D eigenvalue weighted by molar-refractivity contribution is -0.608. The second kappa shape index (κ2) is 2.93. The molecule has 1 aromatic rings. The highest BCUT2D eigenvalue weighted by atomic mass is 16.5. The van der Waals surface area contributed by atoms with Crippen LogP contribution in [0.4, 0.5) is 0 Å². The second-order valence-corrected chi connectivity index (χ2v) is 2.91. The summed E-state index contributed by atoms with van der Waals surface area (Å²) < 4.78 is 0.616. The van der Waals surface area contributed by atoms with Gasteiger partial charge in [0.15, 0.2) is 6.20 Å². The van der Waals surface area contributed by atoms with Crippen LogP contribution in [0.25, 0.3) is 0 Å². The summed E-state index contributed by atoms with van der Waals surface area (Å²) in [6, 6.07) is 1.62. The van der Waals surface area contributed by atoms with Crippen molar-refractivity contribution >= 4 is 5.78 Å². The Hall–Kier alpha value is -1.38. The Morgan fingerprint density at radius 1 is 1.42 bits per heavy atom. The highest BCUT2D eigenvalue weighted by Gasteiger charge is 2.11. The fourth-order valence-corrected chi connectivity index (χ4v) is 0.987. The maximum atomic E-state index is 11.1. The lowest BCUT2D eigenvalue weighted by Gasteiger charge is -2.04. The summed E-state index contributed by atoms with van der Waals surface area (Å²) in [6.07, 6.45) is 1.42. The summed E-state index contributed by atoms with van der Waals surface area (Å²) in [4.78, 5) is 10.9. The molecular formula is C9H11NO2. The van der Waals surface area contributed by atoms with Crippen LogP contribution in [0.1, 0.15) is 28.5 Å². The minimum absolute atomic E-state index is 0.201. The molecule has 0 N–H and O–H groups in total. The zero-order chi connectivity index (χ0) is 9.30. The van der Waals surface area contributed by atoms with Crippen LogP contribution in [-0.2, 0) is 0 Å².